The second kappa shape index (κ2) is 10.1. The van der Waals surface area contributed by atoms with E-state index >= 15 is 0 Å². The Hall–Kier alpha value is -3.66. The molecule has 1 aliphatic rings. The van der Waals surface area contributed by atoms with Crippen molar-refractivity contribution in [2.24, 2.45) is 0 Å². The van der Waals surface area contributed by atoms with Crippen LogP contribution in [-0.4, -0.2) is 51.0 Å². The van der Waals surface area contributed by atoms with Crippen LogP contribution >= 0.6 is 0 Å². The molecule has 0 atom stereocenters. The molecular weight excluding hydrogens is 415 g/mol. The Morgan fingerprint density at radius 2 is 2.03 bits per heavy atom. The van der Waals surface area contributed by atoms with Crippen LogP contribution in [0.1, 0.15) is 45.7 Å². The third-order valence-electron chi connectivity index (χ3n) is 5.13. The summed E-state index contributed by atoms with van der Waals surface area (Å²) in [6.45, 7) is 1.89. The van der Waals surface area contributed by atoms with Crippen LogP contribution in [0.2, 0.25) is 0 Å². The van der Waals surface area contributed by atoms with E-state index in [1.807, 2.05) is 12.1 Å². The van der Waals surface area contributed by atoms with Gasteiger partial charge in [0, 0.05) is 31.1 Å². The summed E-state index contributed by atoms with van der Waals surface area (Å²) >= 11 is 0. The van der Waals surface area contributed by atoms with E-state index in [1.54, 1.807) is 6.20 Å². The van der Waals surface area contributed by atoms with E-state index in [9.17, 15) is 14.0 Å². The van der Waals surface area contributed by atoms with Crippen LogP contribution in [0.3, 0.4) is 0 Å². The summed E-state index contributed by atoms with van der Waals surface area (Å²) in [6, 6.07) is 4.77. The van der Waals surface area contributed by atoms with E-state index in [2.05, 4.69) is 30.8 Å². The maximum atomic E-state index is 13.3. The lowest BCUT2D eigenvalue weighted by molar-refractivity contribution is 0.0979. The molecule has 32 heavy (non-hydrogen) atoms. The Morgan fingerprint density at radius 1 is 1.19 bits per heavy atom. The molecule has 1 amide bonds. The number of carbonyl (C=O) groups excluding carboxylic acids is 2. The van der Waals surface area contributed by atoms with Crippen LogP contribution in [0, 0.1) is 5.82 Å². The molecule has 0 saturated carbocycles. The minimum atomic E-state index is -0.623. The lowest BCUT2D eigenvalue weighted by atomic mass is 10.1. The first-order chi connectivity index (χ1) is 15.6. The van der Waals surface area contributed by atoms with E-state index < -0.39 is 11.7 Å². The Morgan fingerprint density at radius 3 is 2.78 bits per heavy atom. The van der Waals surface area contributed by atoms with Gasteiger partial charge in [0.05, 0.1) is 17.4 Å². The number of aryl methyl sites for hydroxylation is 1. The highest BCUT2D eigenvalue weighted by molar-refractivity contribution is 6.08. The minimum Gasteiger partial charge on any atom is -0.474 e. The number of rotatable bonds is 8. The topological polar surface area (TPSA) is 122 Å². The summed E-state index contributed by atoms with van der Waals surface area (Å²) in [5, 5.41) is 12.4. The summed E-state index contributed by atoms with van der Waals surface area (Å²) < 4.78 is 19.2. The number of anilines is 1. The Balaban J connectivity index is 1.32. The number of ketones is 1. The molecule has 0 bridgehead atoms. The highest BCUT2D eigenvalue weighted by atomic mass is 19.1. The first-order valence-corrected chi connectivity index (χ1v) is 10.4. The zero-order valence-corrected chi connectivity index (χ0v) is 17.3. The van der Waals surface area contributed by atoms with E-state index in [0.29, 0.717) is 12.3 Å². The normalized spacial score (nSPS) is 14.2. The fraction of sp³-hybridized carbons (Fsp3) is 0.318. The van der Waals surface area contributed by atoms with Gasteiger partial charge in [0.15, 0.2) is 11.5 Å². The number of nitrogens with zero attached hydrogens (tertiary/aromatic N) is 3. The van der Waals surface area contributed by atoms with Crippen molar-refractivity contribution in [3.63, 3.8) is 0 Å². The molecular formula is C22H23FN6O3. The summed E-state index contributed by atoms with van der Waals surface area (Å²) in [7, 11) is 0. The van der Waals surface area contributed by atoms with Crippen LogP contribution in [0.4, 0.5) is 10.1 Å². The van der Waals surface area contributed by atoms with Gasteiger partial charge in [0.1, 0.15) is 11.9 Å². The van der Waals surface area contributed by atoms with E-state index in [0.717, 1.165) is 43.8 Å². The van der Waals surface area contributed by atoms with Crippen LogP contribution in [-0.2, 0) is 6.42 Å². The van der Waals surface area contributed by atoms with Gasteiger partial charge < -0.3 is 15.4 Å². The quantitative estimate of drug-likeness (QED) is 0.462. The minimum absolute atomic E-state index is 0.0440. The standard InChI is InChI=1S/C22H23FN6O3/c23-16-9-15(11-25-12-16)22(31)28-18-13-27-29-21(18)19(30)3-1-14-2-4-20(26-10-14)32-17-5-7-24-8-6-17/h2,4,9-13,17,24H,1,3,5-8H2,(H,27,29)(H,28,31). The summed E-state index contributed by atoms with van der Waals surface area (Å²) in [6.07, 6.45) is 8.09. The third kappa shape index (κ3) is 5.52. The van der Waals surface area contributed by atoms with Gasteiger partial charge >= 0.3 is 0 Å². The molecule has 0 aromatic carbocycles. The molecule has 4 rings (SSSR count). The summed E-state index contributed by atoms with van der Waals surface area (Å²) in [5.74, 6) is -0.868. The van der Waals surface area contributed by atoms with Crippen molar-refractivity contribution in [1.82, 2.24) is 25.5 Å². The van der Waals surface area contributed by atoms with Gasteiger partial charge in [-0.15, -0.1) is 0 Å². The van der Waals surface area contributed by atoms with Gasteiger partial charge in [-0.1, -0.05) is 6.07 Å². The van der Waals surface area contributed by atoms with Gasteiger partial charge in [0.25, 0.3) is 5.91 Å². The predicted molar refractivity (Wildman–Crippen MR) is 114 cm³/mol. The maximum absolute atomic E-state index is 13.3. The molecule has 1 fully saturated rings. The molecule has 166 valence electrons. The molecule has 3 N–H and O–H groups in total. The monoisotopic (exact) mass is 438 g/mol. The Labute approximate surface area is 183 Å². The Kier molecular flexibility index (Phi) is 6.81. The van der Waals surface area contributed by atoms with Gasteiger partial charge in [-0.3, -0.25) is 19.7 Å². The highest BCUT2D eigenvalue weighted by Gasteiger charge is 2.18. The summed E-state index contributed by atoms with van der Waals surface area (Å²) in [4.78, 5) is 32.9. The zero-order chi connectivity index (χ0) is 22.3. The molecule has 1 aliphatic heterocycles. The van der Waals surface area contributed by atoms with Gasteiger partial charge in [-0.05, 0) is 44.0 Å². The van der Waals surface area contributed by atoms with E-state index in [1.165, 1.54) is 12.4 Å². The molecule has 10 heteroatoms. The molecule has 0 spiro atoms. The number of hydrogen-bond acceptors (Lipinski definition) is 7. The van der Waals surface area contributed by atoms with Crippen molar-refractivity contribution >= 4 is 17.4 Å². The third-order valence-corrected chi connectivity index (χ3v) is 5.13. The Bertz CT molecular complexity index is 1080. The number of hydrogen-bond donors (Lipinski definition) is 3. The first-order valence-electron chi connectivity index (χ1n) is 10.4. The molecule has 9 nitrogen and oxygen atoms in total. The molecule has 0 radical (unpaired) electrons. The molecule has 0 unspecified atom stereocenters. The number of aromatic nitrogens is 4. The van der Waals surface area contributed by atoms with Crippen molar-refractivity contribution < 1.29 is 18.7 Å². The lowest BCUT2D eigenvalue weighted by Gasteiger charge is -2.23. The summed E-state index contributed by atoms with van der Waals surface area (Å²) in [5.41, 5.74) is 1.28. The van der Waals surface area contributed by atoms with Crippen LogP contribution in [0.15, 0.2) is 43.0 Å². The average Bonchev–Trinajstić information content (AvgIpc) is 3.27. The number of Topliss-reactive ketones (excluding diaryl/α,β-unsaturated/α-hetero) is 1. The van der Waals surface area contributed by atoms with Crippen molar-refractivity contribution in [2.75, 3.05) is 18.4 Å². The number of pyridine rings is 2. The van der Waals surface area contributed by atoms with Crippen molar-refractivity contribution in [3.8, 4) is 5.88 Å². The smallest absolute Gasteiger partial charge is 0.257 e. The number of halogens is 1. The number of aromatic amines is 1. The molecule has 1 saturated heterocycles. The zero-order valence-electron chi connectivity index (χ0n) is 17.3. The fourth-order valence-corrected chi connectivity index (χ4v) is 3.42. The molecule has 0 aliphatic carbocycles. The van der Waals surface area contributed by atoms with Crippen molar-refractivity contribution in [1.29, 1.82) is 0 Å². The van der Waals surface area contributed by atoms with Crippen LogP contribution in [0.25, 0.3) is 0 Å². The van der Waals surface area contributed by atoms with Crippen molar-refractivity contribution in [3.05, 3.63) is 65.6 Å². The second-order valence-electron chi connectivity index (χ2n) is 7.49. The first kappa shape index (κ1) is 21.6. The van der Waals surface area contributed by atoms with E-state index in [4.69, 9.17) is 4.74 Å². The number of piperidine rings is 1. The van der Waals surface area contributed by atoms with Crippen LogP contribution in [0.5, 0.6) is 5.88 Å². The fourth-order valence-electron chi connectivity index (χ4n) is 3.42. The van der Waals surface area contributed by atoms with Gasteiger partial charge in [-0.2, -0.15) is 5.10 Å². The number of carbonyl (C=O) groups is 2. The number of amides is 1. The average molecular weight is 438 g/mol. The highest BCUT2D eigenvalue weighted by Crippen LogP contribution is 2.18. The molecule has 3 aromatic heterocycles. The second-order valence-corrected chi connectivity index (χ2v) is 7.49. The maximum Gasteiger partial charge on any atom is 0.257 e. The predicted octanol–water partition coefficient (Wildman–Crippen LogP) is 2.54. The molecule has 3 aromatic rings. The lowest BCUT2D eigenvalue weighted by Crippen LogP contribution is -2.34. The van der Waals surface area contributed by atoms with Gasteiger partial charge in [-0.25, -0.2) is 9.37 Å². The number of ether oxygens (including phenoxy) is 1. The molecule has 4 heterocycles. The number of nitrogens with one attached hydrogen (secondary N) is 3. The SMILES string of the molecule is O=C(Nc1c[nH]nc1C(=O)CCc1ccc(OC2CCNCC2)nc1)c1cncc(F)c1. The van der Waals surface area contributed by atoms with Crippen LogP contribution < -0.4 is 15.4 Å². The largest absolute Gasteiger partial charge is 0.474 e. The van der Waals surface area contributed by atoms with Crippen molar-refractivity contribution in [2.45, 2.75) is 31.8 Å². The van der Waals surface area contributed by atoms with Gasteiger partial charge in [0.2, 0.25) is 5.88 Å². The number of H-pyrrole nitrogens is 1. The van der Waals surface area contributed by atoms with E-state index in [-0.39, 0.29) is 35.3 Å².